The zero-order valence-corrected chi connectivity index (χ0v) is 18.6. The Hall–Kier alpha value is -2.91. The molecule has 3 N–H and O–H groups in total. The zero-order valence-electron chi connectivity index (χ0n) is 17.9. The molecule has 1 aromatic heterocycles. The predicted octanol–water partition coefficient (Wildman–Crippen LogP) is 3.78. The standard InChI is InChI=1S/C22H25ClFN5O3/c1-22(11-18(30)29(21(25)28-22)14-6-8-32-9-7-14)15-4-3-5-17(19(15)23)27-13-10-16(24)20(31-2)26-12-13/h3-5,10,12,14,27H,6-9,11H2,1-2H3,(H2,25,28)/t22-/m0/s1. The summed E-state index contributed by atoms with van der Waals surface area (Å²) in [5.74, 6) is -0.760. The van der Waals surface area contributed by atoms with E-state index in [2.05, 4.69) is 15.6 Å². The molecule has 170 valence electrons. The van der Waals surface area contributed by atoms with Crippen LogP contribution in [0.3, 0.4) is 0 Å². The van der Waals surface area contributed by atoms with Gasteiger partial charge < -0.3 is 20.1 Å². The van der Waals surface area contributed by atoms with Gasteiger partial charge in [-0.3, -0.25) is 15.1 Å². The molecule has 0 bridgehead atoms. The summed E-state index contributed by atoms with van der Waals surface area (Å²) in [7, 11) is 1.35. The Kier molecular flexibility index (Phi) is 6.21. The molecule has 0 aliphatic carbocycles. The molecule has 0 spiro atoms. The lowest BCUT2D eigenvalue weighted by atomic mass is 9.85. The topological polar surface area (TPSA) is 99.6 Å². The second-order valence-corrected chi connectivity index (χ2v) is 8.47. The largest absolute Gasteiger partial charge is 0.479 e. The number of anilines is 2. The van der Waals surface area contributed by atoms with Gasteiger partial charge in [0.1, 0.15) is 0 Å². The van der Waals surface area contributed by atoms with Crippen molar-refractivity contribution in [2.24, 2.45) is 0 Å². The molecule has 8 nitrogen and oxygen atoms in total. The average Bonchev–Trinajstić information content (AvgIpc) is 2.75. The molecular weight excluding hydrogens is 437 g/mol. The minimum Gasteiger partial charge on any atom is -0.479 e. The molecule has 2 aliphatic heterocycles. The third-order valence-electron chi connectivity index (χ3n) is 5.84. The molecular formula is C22H25ClFN5O3. The molecule has 10 heteroatoms. The quantitative estimate of drug-likeness (QED) is 0.626. The van der Waals surface area contributed by atoms with E-state index >= 15 is 0 Å². The van der Waals surface area contributed by atoms with Crippen molar-refractivity contribution in [2.45, 2.75) is 37.8 Å². The van der Waals surface area contributed by atoms with E-state index in [4.69, 9.17) is 26.5 Å². The number of carbonyl (C=O) groups excluding carboxylic acids is 1. The van der Waals surface area contributed by atoms with E-state index in [-0.39, 0.29) is 30.2 Å². The summed E-state index contributed by atoms with van der Waals surface area (Å²) in [5, 5.41) is 15.1. The van der Waals surface area contributed by atoms with Crippen molar-refractivity contribution in [3.8, 4) is 5.88 Å². The van der Waals surface area contributed by atoms with Crippen molar-refractivity contribution in [2.75, 3.05) is 25.6 Å². The highest BCUT2D eigenvalue weighted by atomic mass is 35.5. The zero-order chi connectivity index (χ0) is 22.9. The van der Waals surface area contributed by atoms with Gasteiger partial charge in [0.25, 0.3) is 0 Å². The number of hydrogen-bond donors (Lipinski definition) is 3. The molecule has 2 aliphatic rings. The van der Waals surface area contributed by atoms with E-state index in [0.29, 0.717) is 48.0 Å². The van der Waals surface area contributed by atoms with E-state index in [9.17, 15) is 9.18 Å². The van der Waals surface area contributed by atoms with Crippen LogP contribution in [0, 0.1) is 11.2 Å². The van der Waals surface area contributed by atoms with Gasteiger partial charge in [-0.25, -0.2) is 9.37 Å². The van der Waals surface area contributed by atoms with Crippen LogP contribution in [0.4, 0.5) is 15.8 Å². The maximum Gasteiger partial charge on any atom is 0.250 e. The number of methoxy groups -OCH3 is 1. The normalized spacial score (nSPS) is 21.9. The molecule has 2 fully saturated rings. The Morgan fingerprint density at radius 2 is 2.16 bits per heavy atom. The van der Waals surface area contributed by atoms with Gasteiger partial charge in [0, 0.05) is 25.3 Å². The number of nitrogens with zero attached hydrogens (tertiary/aromatic N) is 2. The number of nitrogens with one attached hydrogen (secondary N) is 3. The summed E-state index contributed by atoms with van der Waals surface area (Å²) in [5.41, 5.74) is 0.729. The van der Waals surface area contributed by atoms with Gasteiger partial charge in [0.2, 0.25) is 11.8 Å². The molecule has 3 heterocycles. The van der Waals surface area contributed by atoms with Crippen LogP contribution in [0.15, 0.2) is 30.5 Å². The van der Waals surface area contributed by atoms with E-state index in [1.807, 2.05) is 13.0 Å². The van der Waals surface area contributed by atoms with Crippen LogP contribution in [-0.2, 0) is 15.1 Å². The van der Waals surface area contributed by atoms with Gasteiger partial charge in [-0.15, -0.1) is 0 Å². The molecule has 0 saturated carbocycles. The fourth-order valence-electron chi connectivity index (χ4n) is 4.22. The summed E-state index contributed by atoms with van der Waals surface area (Å²) in [6.45, 7) is 3.01. The van der Waals surface area contributed by atoms with Crippen molar-refractivity contribution >= 4 is 34.8 Å². The van der Waals surface area contributed by atoms with E-state index in [1.165, 1.54) is 24.3 Å². The number of amides is 1. The first-order valence-corrected chi connectivity index (χ1v) is 10.7. The molecule has 32 heavy (non-hydrogen) atoms. The predicted molar refractivity (Wildman–Crippen MR) is 119 cm³/mol. The van der Waals surface area contributed by atoms with Crippen LogP contribution in [0.5, 0.6) is 5.88 Å². The van der Waals surface area contributed by atoms with Crippen molar-refractivity contribution in [3.05, 3.63) is 46.9 Å². The number of rotatable bonds is 5. The number of ether oxygens (including phenoxy) is 2. The number of benzene rings is 1. The highest BCUT2D eigenvalue weighted by Gasteiger charge is 2.43. The van der Waals surface area contributed by atoms with Crippen LogP contribution in [-0.4, -0.2) is 48.1 Å². The van der Waals surface area contributed by atoms with E-state index in [1.54, 1.807) is 12.1 Å². The number of carbonyl (C=O) groups is 1. The molecule has 2 aromatic rings. The minimum absolute atomic E-state index is 0.0401. The Balaban J connectivity index is 1.58. The SMILES string of the molecule is COc1ncc(Nc2cccc([C@]3(C)CC(=O)N(C4CCOCC4)C(=N)N3)c2Cl)cc1F. The van der Waals surface area contributed by atoms with Crippen LogP contribution in [0.1, 0.15) is 31.7 Å². The molecule has 4 rings (SSSR count). The number of hydrogen-bond acceptors (Lipinski definition) is 6. The minimum atomic E-state index is -0.867. The Morgan fingerprint density at radius 3 is 2.81 bits per heavy atom. The highest BCUT2D eigenvalue weighted by Crippen LogP contribution is 2.39. The van der Waals surface area contributed by atoms with Crippen LogP contribution < -0.4 is 15.4 Å². The third kappa shape index (κ3) is 4.22. The second-order valence-electron chi connectivity index (χ2n) is 8.10. The highest BCUT2D eigenvalue weighted by molar-refractivity contribution is 6.34. The molecule has 1 amide bonds. The maximum atomic E-state index is 14.0. The summed E-state index contributed by atoms with van der Waals surface area (Å²) >= 11 is 6.71. The molecule has 0 unspecified atom stereocenters. The van der Waals surface area contributed by atoms with Crippen LogP contribution >= 0.6 is 11.6 Å². The van der Waals surface area contributed by atoms with Gasteiger partial charge in [0.15, 0.2) is 11.8 Å². The summed E-state index contributed by atoms with van der Waals surface area (Å²) in [6.07, 6.45) is 3.00. The Bertz CT molecular complexity index is 1030. The lowest BCUT2D eigenvalue weighted by Crippen LogP contribution is -2.62. The van der Waals surface area contributed by atoms with Crippen molar-refractivity contribution in [3.63, 3.8) is 0 Å². The first-order valence-electron chi connectivity index (χ1n) is 10.3. The molecule has 0 radical (unpaired) electrons. The number of guanidine groups is 1. The lowest BCUT2D eigenvalue weighted by molar-refractivity contribution is -0.133. The monoisotopic (exact) mass is 461 g/mol. The summed E-state index contributed by atoms with van der Waals surface area (Å²) in [6, 6.07) is 6.59. The van der Waals surface area contributed by atoms with Crippen LogP contribution in [0.2, 0.25) is 5.02 Å². The molecule has 1 aromatic carbocycles. The van der Waals surface area contributed by atoms with Gasteiger partial charge >= 0.3 is 0 Å². The fraction of sp³-hybridized carbons (Fsp3) is 0.409. The Labute approximate surface area is 190 Å². The van der Waals surface area contributed by atoms with Crippen molar-refractivity contribution in [1.29, 1.82) is 5.41 Å². The summed E-state index contributed by atoms with van der Waals surface area (Å²) in [4.78, 5) is 18.5. The second kappa shape index (κ2) is 8.91. The third-order valence-corrected chi connectivity index (χ3v) is 6.24. The molecule has 2 saturated heterocycles. The van der Waals surface area contributed by atoms with Crippen LogP contribution in [0.25, 0.3) is 0 Å². The Morgan fingerprint density at radius 1 is 1.41 bits per heavy atom. The van der Waals surface area contributed by atoms with E-state index < -0.39 is 11.4 Å². The first kappa shape index (κ1) is 22.3. The number of pyridine rings is 1. The summed E-state index contributed by atoms with van der Waals surface area (Å²) < 4.78 is 24.2. The molecule has 1 atom stereocenters. The van der Waals surface area contributed by atoms with Crippen molar-refractivity contribution < 1.29 is 18.7 Å². The van der Waals surface area contributed by atoms with E-state index in [0.717, 1.165) is 0 Å². The fourth-order valence-corrected chi connectivity index (χ4v) is 4.61. The van der Waals surface area contributed by atoms with Gasteiger partial charge in [-0.1, -0.05) is 23.7 Å². The smallest absolute Gasteiger partial charge is 0.250 e. The number of halogens is 2. The number of aromatic nitrogens is 1. The van der Waals surface area contributed by atoms with Gasteiger partial charge in [0.05, 0.1) is 41.7 Å². The van der Waals surface area contributed by atoms with Crippen molar-refractivity contribution in [1.82, 2.24) is 15.2 Å². The first-order chi connectivity index (χ1) is 15.3. The average molecular weight is 462 g/mol. The lowest BCUT2D eigenvalue weighted by Gasteiger charge is -2.45. The van der Waals surface area contributed by atoms with Gasteiger partial charge in [-0.05, 0) is 31.4 Å². The van der Waals surface area contributed by atoms with Gasteiger partial charge in [-0.2, -0.15) is 0 Å². The maximum absolute atomic E-state index is 14.0.